The predicted octanol–water partition coefficient (Wildman–Crippen LogP) is 7.84. The number of anilines is 1. The standard InChI is InChI=1S/C25H22F9NO4/c1-3-16-11-18(17-10-13(23(26,27)28)5-6-19(17)35(16)22(38)39-4-2)20(21(36)37)12-7-14(24(29,30)31)9-15(8-12)25(32,33)34/h5-10,16,18,20H,3-4,11H2,1-2H3,(H,36,37)/t16-,18?,20?/m0/s1. The van der Waals surface area contributed by atoms with E-state index in [2.05, 4.69) is 0 Å². The van der Waals surface area contributed by atoms with Crippen LogP contribution in [0.3, 0.4) is 0 Å². The lowest BCUT2D eigenvalue weighted by Gasteiger charge is -2.42. The van der Waals surface area contributed by atoms with Crippen molar-refractivity contribution in [1.29, 1.82) is 0 Å². The van der Waals surface area contributed by atoms with Gasteiger partial charge in [-0.05, 0) is 67.3 Å². The summed E-state index contributed by atoms with van der Waals surface area (Å²) >= 11 is 0. The van der Waals surface area contributed by atoms with Gasteiger partial charge in [0.2, 0.25) is 0 Å². The molecule has 1 aliphatic heterocycles. The zero-order valence-corrected chi connectivity index (χ0v) is 20.3. The van der Waals surface area contributed by atoms with E-state index < -0.39 is 70.7 Å². The minimum absolute atomic E-state index is 0.104. The van der Waals surface area contributed by atoms with E-state index in [1.54, 1.807) is 6.92 Å². The van der Waals surface area contributed by atoms with Crippen molar-refractivity contribution in [2.75, 3.05) is 11.5 Å². The molecule has 214 valence electrons. The Hall–Kier alpha value is -3.45. The second-order valence-electron chi connectivity index (χ2n) is 8.90. The third-order valence-electron chi connectivity index (χ3n) is 6.48. The summed E-state index contributed by atoms with van der Waals surface area (Å²) in [4.78, 5) is 26.2. The van der Waals surface area contributed by atoms with Gasteiger partial charge in [0.25, 0.3) is 0 Å². The third-order valence-corrected chi connectivity index (χ3v) is 6.48. The first-order chi connectivity index (χ1) is 17.9. The van der Waals surface area contributed by atoms with Crippen LogP contribution in [0.25, 0.3) is 0 Å². The number of carboxylic acid groups (broad SMARTS) is 1. The van der Waals surface area contributed by atoms with Crippen molar-refractivity contribution in [1.82, 2.24) is 0 Å². The van der Waals surface area contributed by atoms with Crippen molar-refractivity contribution in [2.24, 2.45) is 0 Å². The lowest BCUT2D eigenvalue weighted by molar-refractivity contribution is -0.144. The maximum absolute atomic E-state index is 13.6. The third kappa shape index (κ3) is 6.25. The SMILES string of the molecule is CCOC(=O)N1c2ccc(C(F)(F)F)cc2C(C(C(=O)O)c2cc(C(F)(F)F)cc(C(F)(F)F)c2)C[C@@H]1CC. The molecule has 0 aliphatic carbocycles. The summed E-state index contributed by atoms with van der Waals surface area (Å²) in [7, 11) is 0. The van der Waals surface area contributed by atoms with E-state index in [0.29, 0.717) is 12.1 Å². The first kappa shape index (κ1) is 30.1. The highest BCUT2D eigenvalue weighted by molar-refractivity contribution is 5.91. The maximum Gasteiger partial charge on any atom is 0.416 e. The topological polar surface area (TPSA) is 66.8 Å². The molecule has 2 unspecified atom stereocenters. The van der Waals surface area contributed by atoms with Crippen LogP contribution in [0.4, 0.5) is 50.0 Å². The van der Waals surface area contributed by atoms with Crippen LogP contribution < -0.4 is 4.90 Å². The molecule has 0 fully saturated rings. The van der Waals surface area contributed by atoms with Crippen LogP contribution in [0.1, 0.15) is 66.3 Å². The zero-order valence-electron chi connectivity index (χ0n) is 20.3. The number of aliphatic carboxylic acids is 1. The van der Waals surface area contributed by atoms with Crippen LogP contribution in [0.5, 0.6) is 0 Å². The summed E-state index contributed by atoms with van der Waals surface area (Å²) in [6, 6.07) is 1.56. The van der Waals surface area contributed by atoms with Crippen molar-refractivity contribution < 1.29 is 58.9 Å². The van der Waals surface area contributed by atoms with Gasteiger partial charge < -0.3 is 9.84 Å². The highest BCUT2D eigenvalue weighted by Crippen LogP contribution is 2.49. The Kier molecular flexibility index (Phi) is 8.19. The molecule has 1 aliphatic rings. The summed E-state index contributed by atoms with van der Waals surface area (Å²) in [6.45, 7) is 2.95. The van der Waals surface area contributed by atoms with Gasteiger partial charge in [-0.3, -0.25) is 9.69 Å². The van der Waals surface area contributed by atoms with Crippen molar-refractivity contribution in [3.8, 4) is 0 Å². The number of rotatable bonds is 5. The molecule has 0 bridgehead atoms. The highest BCUT2D eigenvalue weighted by atomic mass is 19.4. The summed E-state index contributed by atoms with van der Waals surface area (Å²) in [5, 5.41) is 10.0. The Balaban J connectivity index is 2.33. The van der Waals surface area contributed by atoms with E-state index in [9.17, 15) is 54.2 Å². The van der Waals surface area contributed by atoms with E-state index in [1.807, 2.05) is 0 Å². The molecule has 3 rings (SSSR count). The Morgan fingerprint density at radius 3 is 1.87 bits per heavy atom. The Bertz CT molecular complexity index is 1210. The average Bonchev–Trinajstić information content (AvgIpc) is 2.81. The Morgan fingerprint density at radius 2 is 1.44 bits per heavy atom. The summed E-state index contributed by atoms with van der Waals surface area (Å²) in [5.74, 6) is -5.50. The number of carboxylic acids is 1. The minimum Gasteiger partial charge on any atom is -0.481 e. The summed E-state index contributed by atoms with van der Waals surface area (Å²) < 4.78 is 127. The van der Waals surface area contributed by atoms with E-state index >= 15 is 0 Å². The second-order valence-corrected chi connectivity index (χ2v) is 8.90. The fourth-order valence-corrected chi connectivity index (χ4v) is 4.78. The predicted molar refractivity (Wildman–Crippen MR) is 119 cm³/mol. The fourth-order valence-electron chi connectivity index (χ4n) is 4.78. The van der Waals surface area contributed by atoms with Crippen molar-refractivity contribution in [3.63, 3.8) is 0 Å². The van der Waals surface area contributed by atoms with Crippen LogP contribution in [0.2, 0.25) is 0 Å². The first-order valence-electron chi connectivity index (χ1n) is 11.6. The molecule has 3 atom stereocenters. The number of ether oxygens (including phenoxy) is 1. The minimum atomic E-state index is -5.28. The summed E-state index contributed by atoms with van der Waals surface area (Å²) in [5.41, 5.74) is -6.22. The molecule has 0 saturated heterocycles. The Morgan fingerprint density at radius 1 is 0.897 bits per heavy atom. The molecule has 2 aromatic rings. The second kappa shape index (κ2) is 10.6. The molecule has 1 N–H and O–H groups in total. The monoisotopic (exact) mass is 571 g/mol. The van der Waals surface area contributed by atoms with Crippen LogP contribution in [-0.4, -0.2) is 29.8 Å². The fraction of sp³-hybridized carbons (Fsp3) is 0.440. The van der Waals surface area contributed by atoms with Gasteiger partial charge in [-0.15, -0.1) is 0 Å². The van der Waals surface area contributed by atoms with Crippen molar-refractivity contribution >= 4 is 17.7 Å². The number of carbonyl (C=O) groups excluding carboxylic acids is 1. The molecule has 0 saturated carbocycles. The van der Waals surface area contributed by atoms with Gasteiger partial charge in [-0.25, -0.2) is 4.79 Å². The normalized spacial score (nSPS) is 18.9. The number of fused-ring (bicyclic) bond motifs is 1. The van der Waals surface area contributed by atoms with E-state index in [4.69, 9.17) is 4.74 Å². The number of alkyl halides is 9. The number of carbonyl (C=O) groups is 2. The van der Waals surface area contributed by atoms with Gasteiger partial charge in [-0.2, -0.15) is 39.5 Å². The number of hydrogen-bond donors (Lipinski definition) is 1. The number of nitrogens with zero attached hydrogens (tertiary/aromatic N) is 1. The van der Waals surface area contributed by atoms with Gasteiger partial charge >= 0.3 is 30.6 Å². The largest absolute Gasteiger partial charge is 0.481 e. The molecular weight excluding hydrogens is 549 g/mol. The van der Waals surface area contributed by atoms with Crippen LogP contribution in [-0.2, 0) is 28.1 Å². The molecule has 5 nitrogen and oxygen atoms in total. The quantitative estimate of drug-likeness (QED) is 0.372. The van der Waals surface area contributed by atoms with Crippen molar-refractivity contribution in [2.45, 2.75) is 63.1 Å². The molecule has 2 aromatic carbocycles. The van der Waals surface area contributed by atoms with Gasteiger partial charge in [0, 0.05) is 12.0 Å². The number of halogens is 9. The molecule has 14 heteroatoms. The average molecular weight is 571 g/mol. The smallest absolute Gasteiger partial charge is 0.416 e. The molecular formula is C25H22F9NO4. The zero-order chi connectivity index (χ0) is 29.5. The summed E-state index contributed by atoms with van der Waals surface area (Å²) in [6.07, 6.45) is -16.7. The molecule has 0 aromatic heterocycles. The number of hydrogen-bond acceptors (Lipinski definition) is 3. The number of benzene rings is 2. The van der Waals surface area contributed by atoms with Gasteiger partial charge in [-0.1, -0.05) is 6.92 Å². The lowest BCUT2D eigenvalue weighted by atomic mass is 9.73. The lowest BCUT2D eigenvalue weighted by Crippen LogP contribution is -2.46. The van der Waals surface area contributed by atoms with Gasteiger partial charge in [0.05, 0.1) is 34.9 Å². The molecule has 1 amide bonds. The highest BCUT2D eigenvalue weighted by Gasteiger charge is 2.45. The van der Waals surface area contributed by atoms with Crippen molar-refractivity contribution in [3.05, 3.63) is 64.2 Å². The molecule has 1 heterocycles. The van der Waals surface area contributed by atoms with Gasteiger partial charge in [0.15, 0.2) is 0 Å². The van der Waals surface area contributed by atoms with Crippen LogP contribution in [0, 0.1) is 0 Å². The van der Waals surface area contributed by atoms with E-state index in [0.717, 1.165) is 11.0 Å². The van der Waals surface area contributed by atoms with E-state index in [-0.39, 0.29) is 48.9 Å². The maximum atomic E-state index is 13.6. The van der Waals surface area contributed by atoms with Crippen LogP contribution >= 0.6 is 0 Å². The Labute approximate surface area is 216 Å². The van der Waals surface area contributed by atoms with E-state index in [1.165, 1.54) is 6.92 Å². The first-order valence-corrected chi connectivity index (χ1v) is 11.6. The molecule has 39 heavy (non-hydrogen) atoms. The molecule has 0 radical (unpaired) electrons. The molecule has 0 spiro atoms. The van der Waals surface area contributed by atoms with Crippen LogP contribution in [0.15, 0.2) is 36.4 Å². The van der Waals surface area contributed by atoms with Gasteiger partial charge in [0.1, 0.15) is 0 Å². The number of amides is 1.